The molecular weight excluding hydrogens is 438 g/mol. The van der Waals surface area contributed by atoms with E-state index in [1.54, 1.807) is 18.2 Å². The van der Waals surface area contributed by atoms with Gasteiger partial charge < -0.3 is 15.7 Å². The number of carbonyl (C=O) groups is 1. The molecule has 0 aliphatic heterocycles. The Morgan fingerprint density at radius 3 is 2.58 bits per heavy atom. The number of carboxylic acid groups (broad SMARTS) is 1. The number of rotatable bonds is 7. The third-order valence-electron chi connectivity index (χ3n) is 5.35. The molecule has 6 heteroatoms. The lowest BCUT2D eigenvalue weighted by atomic mass is 9.97. The van der Waals surface area contributed by atoms with Gasteiger partial charge in [0.1, 0.15) is 0 Å². The van der Waals surface area contributed by atoms with Gasteiger partial charge in [-0.1, -0.05) is 66.2 Å². The zero-order chi connectivity index (χ0) is 22.5. The van der Waals surface area contributed by atoms with Crippen LogP contribution in [0.2, 0.25) is 5.02 Å². The Morgan fingerprint density at radius 2 is 1.76 bits per heavy atom. The van der Waals surface area contributed by atoms with Crippen LogP contribution in [0.5, 0.6) is 0 Å². The summed E-state index contributed by atoms with van der Waals surface area (Å²) in [5, 5.41) is 21.7. The lowest BCUT2D eigenvalue weighted by Gasteiger charge is -2.13. The summed E-state index contributed by atoms with van der Waals surface area (Å²) in [5.41, 5.74) is 4.39. The molecule has 4 rings (SSSR count). The van der Waals surface area contributed by atoms with Crippen molar-refractivity contribution in [1.82, 2.24) is 4.98 Å². The first-order valence-electron chi connectivity index (χ1n) is 10.3. The van der Waals surface area contributed by atoms with Gasteiger partial charge in [0.15, 0.2) is 0 Å². The molecule has 0 unspecified atom stereocenters. The summed E-state index contributed by atoms with van der Waals surface area (Å²) in [6.45, 7) is 0. The second-order valence-corrected chi connectivity index (χ2v) is 8.03. The van der Waals surface area contributed by atoms with Crippen LogP contribution in [-0.2, 0) is 6.42 Å². The van der Waals surface area contributed by atoms with Gasteiger partial charge in [-0.3, -0.25) is 0 Å². The number of halogens is 1. The average Bonchev–Trinajstić information content (AvgIpc) is 2.81. The first kappa shape index (κ1) is 24.1. The molecule has 0 aliphatic rings. The predicted octanol–water partition coefficient (Wildman–Crippen LogP) is 5.60. The maximum Gasteiger partial charge on any atom is 0.335 e. The Kier molecular flexibility index (Phi) is 7.96. The number of hydrogen-bond acceptors (Lipinski definition) is 3. The number of fused-ring (bicyclic) bond motifs is 1. The maximum atomic E-state index is 11.4. The van der Waals surface area contributed by atoms with E-state index in [2.05, 4.69) is 4.98 Å². The molecule has 0 radical (unpaired) electrons. The van der Waals surface area contributed by atoms with Crippen molar-refractivity contribution in [1.29, 1.82) is 0 Å². The number of aromatic nitrogens is 1. The normalized spacial score (nSPS) is 11.9. The first-order valence-corrected chi connectivity index (χ1v) is 10.7. The van der Waals surface area contributed by atoms with Gasteiger partial charge in [0, 0.05) is 10.4 Å². The molecule has 0 spiro atoms. The Bertz CT molecular complexity index is 1300. The van der Waals surface area contributed by atoms with Gasteiger partial charge in [0.25, 0.3) is 0 Å². The molecule has 3 aromatic carbocycles. The third-order valence-corrected chi connectivity index (χ3v) is 5.59. The van der Waals surface area contributed by atoms with Crippen molar-refractivity contribution in [3.8, 4) is 0 Å². The molecule has 0 aliphatic carbocycles. The quantitative estimate of drug-likeness (QED) is 0.374. The van der Waals surface area contributed by atoms with Crippen molar-refractivity contribution >= 4 is 40.6 Å². The minimum atomic E-state index is -0.952. The van der Waals surface area contributed by atoms with Crippen molar-refractivity contribution in [3.63, 3.8) is 0 Å². The molecule has 0 bridgehead atoms. The number of aryl methyl sites for hydroxylation is 1. The van der Waals surface area contributed by atoms with Crippen LogP contribution in [0.3, 0.4) is 0 Å². The number of aromatic carboxylic acids is 1. The second kappa shape index (κ2) is 10.9. The van der Waals surface area contributed by atoms with Crippen molar-refractivity contribution in [2.24, 2.45) is 0 Å². The molecule has 0 saturated carbocycles. The zero-order valence-electron chi connectivity index (χ0n) is 17.8. The topological polar surface area (TPSA) is 102 Å². The fraction of sp³-hybridized carbons (Fsp3) is 0.111. The largest absolute Gasteiger partial charge is 0.478 e. The van der Waals surface area contributed by atoms with E-state index < -0.39 is 12.1 Å². The molecule has 1 atom stereocenters. The van der Waals surface area contributed by atoms with Gasteiger partial charge in [-0.2, -0.15) is 0 Å². The number of carboxylic acids is 1. The van der Waals surface area contributed by atoms with Crippen LogP contribution in [0.15, 0.2) is 78.9 Å². The molecule has 0 amide bonds. The summed E-state index contributed by atoms with van der Waals surface area (Å²) in [6, 6.07) is 24.2. The Labute approximate surface area is 196 Å². The fourth-order valence-electron chi connectivity index (χ4n) is 3.66. The van der Waals surface area contributed by atoms with Crippen LogP contribution in [0.4, 0.5) is 0 Å². The van der Waals surface area contributed by atoms with E-state index in [0.29, 0.717) is 17.9 Å². The summed E-state index contributed by atoms with van der Waals surface area (Å²) < 4.78 is 0. The molecule has 4 N–H and O–H groups in total. The summed E-state index contributed by atoms with van der Waals surface area (Å²) in [6.07, 6.45) is 4.10. The van der Waals surface area contributed by atoms with Crippen LogP contribution >= 0.6 is 11.6 Å². The van der Waals surface area contributed by atoms with E-state index in [9.17, 15) is 15.0 Å². The molecule has 4 aromatic rings. The number of hydrogen-bond donors (Lipinski definition) is 2. The van der Waals surface area contributed by atoms with E-state index in [4.69, 9.17) is 11.6 Å². The standard InChI is InChI=1S/C27H22ClNO3.H2O/c28-22-12-9-20-10-14-23(29-25(20)17-22)13-8-18-4-3-6-21(16-18)26(30)15-11-19-5-1-2-7-24(19)27(31)32;/h1-10,12-14,16-17,26,30H,11,15H2,(H,31,32);1H2/b13-8+;/t26-;/m0./s1. The number of nitrogens with zero attached hydrogens (tertiary/aromatic N) is 1. The van der Waals surface area contributed by atoms with Gasteiger partial charge in [-0.25, -0.2) is 9.78 Å². The summed E-state index contributed by atoms with van der Waals surface area (Å²) in [4.78, 5) is 16.0. The number of aliphatic hydroxyl groups is 1. The smallest absolute Gasteiger partial charge is 0.335 e. The first-order chi connectivity index (χ1) is 15.5. The molecular formula is C27H24ClNO4. The van der Waals surface area contributed by atoms with Gasteiger partial charge in [-0.05, 0) is 65.9 Å². The fourth-order valence-corrected chi connectivity index (χ4v) is 3.82. The lowest BCUT2D eigenvalue weighted by molar-refractivity contribution is 0.0695. The van der Waals surface area contributed by atoms with Crippen molar-refractivity contribution in [2.75, 3.05) is 0 Å². The van der Waals surface area contributed by atoms with E-state index in [-0.39, 0.29) is 11.0 Å². The summed E-state index contributed by atoms with van der Waals surface area (Å²) in [5.74, 6) is -0.952. The van der Waals surface area contributed by atoms with Crippen molar-refractivity contribution < 1.29 is 20.5 Å². The van der Waals surface area contributed by atoms with Gasteiger partial charge in [0.2, 0.25) is 0 Å². The molecule has 1 heterocycles. The Morgan fingerprint density at radius 1 is 0.970 bits per heavy atom. The number of benzene rings is 3. The summed E-state index contributed by atoms with van der Waals surface area (Å²) >= 11 is 6.07. The molecule has 1 aromatic heterocycles. The third kappa shape index (κ3) is 6.05. The SMILES string of the molecule is O.O=C(O)c1ccccc1CC[C@H](O)c1cccc(/C=C/c2ccc3ccc(Cl)cc3n2)c1. The van der Waals surface area contributed by atoms with Gasteiger partial charge >= 0.3 is 5.97 Å². The minimum absolute atomic E-state index is 0. The van der Waals surface area contributed by atoms with Crippen LogP contribution < -0.4 is 0 Å². The van der Waals surface area contributed by atoms with E-state index >= 15 is 0 Å². The monoisotopic (exact) mass is 461 g/mol. The lowest BCUT2D eigenvalue weighted by Crippen LogP contribution is -2.05. The van der Waals surface area contributed by atoms with Gasteiger partial charge in [0.05, 0.1) is 22.9 Å². The minimum Gasteiger partial charge on any atom is -0.478 e. The Hall–Kier alpha value is -3.51. The van der Waals surface area contributed by atoms with Gasteiger partial charge in [-0.15, -0.1) is 0 Å². The summed E-state index contributed by atoms with van der Waals surface area (Å²) in [7, 11) is 0. The molecule has 33 heavy (non-hydrogen) atoms. The number of aliphatic hydroxyl groups excluding tert-OH is 1. The molecule has 168 valence electrons. The zero-order valence-corrected chi connectivity index (χ0v) is 18.5. The molecule has 5 nitrogen and oxygen atoms in total. The highest BCUT2D eigenvalue weighted by atomic mass is 35.5. The van der Waals surface area contributed by atoms with Crippen LogP contribution in [0.1, 0.15) is 45.3 Å². The van der Waals surface area contributed by atoms with Crippen LogP contribution in [0.25, 0.3) is 23.1 Å². The van der Waals surface area contributed by atoms with Crippen molar-refractivity contribution in [3.05, 3.63) is 112 Å². The highest BCUT2D eigenvalue weighted by Crippen LogP contribution is 2.23. The second-order valence-electron chi connectivity index (χ2n) is 7.59. The average molecular weight is 462 g/mol. The predicted molar refractivity (Wildman–Crippen MR) is 132 cm³/mol. The molecule has 0 fully saturated rings. The van der Waals surface area contributed by atoms with Crippen LogP contribution in [-0.4, -0.2) is 26.6 Å². The number of pyridine rings is 1. The van der Waals surface area contributed by atoms with E-state index in [1.165, 1.54) is 0 Å². The molecule has 0 saturated heterocycles. The van der Waals surface area contributed by atoms with E-state index in [1.807, 2.05) is 72.8 Å². The Balaban J connectivity index is 0.00000306. The highest BCUT2D eigenvalue weighted by molar-refractivity contribution is 6.31. The maximum absolute atomic E-state index is 11.4. The highest BCUT2D eigenvalue weighted by Gasteiger charge is 2.12. The van der Waals surface area contributed by atoms with Crippen molar-refractivity contribution in [2.45, 2.75) is 18.9 Å². The van der Waals surface area contributed by atoms with Crippen LogP contribution in [0, 0.1) is 0 Å². The van der Waals surface area contributed by atoms with E-state index in [0.717, 1.165) is 33.3 Å².